The van der Waals surface area contributed by atoms with E-state index in [-0.39, 0.29) is 5.91 Å². The number of thioether (sulfide) groups is 1. The second-order valence-electron chi connectivity index (χ2n) is 5.84. The van der Waals surface area contributed by atoms with Crippen molar-refractivity contribution < 1.29 is 14.3 Å². The van der Waals surface area contributed by atoms with Gasteiger partial charge < -0.3 is 14.8 Å². The summed E-state index contributed by atoms with van der Waals surface area (Å²) in [6.45, 7) is 4.96. The highest BCUT2D eigenvalue weighted by molar-refractivity contribution is 8.26. The molecule has 1 amide bonds. The molecule has 0 spiro atoms. The Kier molecular flexibility index (Phi) is 5.96. The van der Waals surface area contributed by atoms with E-state index in [1.54, 1.807) is 6.08 Å². The van der Waals surface area contributed by atoms with E-state index in [2.05, 4.69) is 5.32 Å². The average molecular weight is 386 g/mol. The van der Waals surface area contributed by atoms with Crippen LogP contribution in [-0.4, -0.2) is 23.4 Å². The summed E-state index contributed by atoms with van der Waals surface area (Å²) in [6.07, 6.45) is 1.80. The van der Waals surface area contributed by atoms with Crippen molar-refractivity contribution in [1.29, 1.82) is 0 Å². The van der Waals surface area contributed by atoms with E-state index in [1.165, 1.54) is 11.8 Å². The highest BCUT2D eigenvalue weighted by Gasteiger charge is 2.21. The zero-order chi connectivity index (χ0) is 18.5. The molecule has 2 aromatic carbocycles. The molecule has 6 heteroatoms. The Morgan fingerprint density at radius 3 is 2.46 bits per heavy atom. The minimum absolute atomic E-state index is 0.159. The standard InChI is InChI=1S/C20H19NO3S2/c1-13-5-3-6-14(2)18(13)24-10-9-23-16-8-4-7-15(11-16)12-17-19(22)21-20(25)26-17/h3-8,11-12H,9-10H2,1-2H3,(H,21,22,25)/b17-12+. The maximum Gasteiger partial charge on any atom is 0.263 e. The molecule has 0 radical (unpaired) electrons. The van der Waals surface area contributed by atoms with Crippen molar-refractivity contribution in [3.05, 3.63) is 64.1 Å². The second-order valence-corrected chi connectivity index (χ2v) is 7.56. The number of ether oxygens (including phenoxy) is 2. The Labute approximate surface area is 162 Å². The molecule has 26 heavy (non-hydrogen) atoms. The van der Waals surface area contributed by atoms with Gasteiger partial charge in [0.05, 0.1) is 4.91 Å². The minimum Gasteiger partial charge on any atom is -0.490 e. The molecule has 1 fully saturated rings. The van der Waals surface area contributed by atoms with E-state index >= 15 is 0 Å². The summed E-state index contributed by atoms with van der Waals surface area (Å²) in [4.78, 5) is 12.3. The number of para-hydroxylation sites is 1. The quantitative estimate of drug-likeness (QED) is 0.458. The highest BCUT2D eigenvalue weighted by atomic mass is 32.2. The van der Waals surface area contributed by atoms with Gasteiger partial charge >= 0.3 is 0 Å². The van der Waals surface area contributed by atoms with E-state index in [0.717, 1.165) is 28.2 Å². The number of nitrogens with one attached hydrogen (secondary N) is 1. The largest absolute Gasteiger partial charge is 0.490 e. The number of thiocarbonyl (C=S) groups is 1. The van der Waals surface area contributed by atoms with Crippen LogP contribution in [0.15, 0.2) is 47.4 Å². The number of hydrogen-bond acceptors (Lipinski definition) is 5. The maximum atomic E-state index is 11.7. The fraction of sp³-hybridized carbons (Fsp3) is 0.200. The normalized spacial score (nSPS) is 15.2. The molecule has 0 saturated carbocycles. The number of amides is 1. The molecule has 0 aliphatic carbocycles. The predicted octanol–water partition coefficient (Wildman–Crippen LogP) is 4.25. The van der Waals surface area contributed by atoms with Gasteiger partial charge in [0, 0.05) is 0 Å². The molecule has 0 aromatic heterocycles. The zero-order valence-corrected chi connectivity index (χ0v) is 16.2. The van der Waals surface area contributed by atoms with Crippen LogP contribution in [0.25, 0.3) is 6.08 Å². The molecule has 3 rings (SSSR count). The van der Waals surface area contributed by atoms with Crippen molar-refractivity contribution in [3.8, 4) is 11.5 Å². The van der Waals surface area contributed by atoms with Gasteiger partial charge in [-0.05, 0) is 48.7 Å². The van der Waals surface area contributed by atoms with E-state index < -0.39 is 0 Å². The summed E-state index contributed by atoms with van der Waals surface area (Å²) in [5.41, 5.74) is 3.12. The molecule has 0 bridgehead atoms. The maximum absolute atomic E-state index is 11.7. The Balaban J connectivity index is 1.57. The zero-order valence-electron chi connectivity index (χ0n) is 14.6. The van der Waals surface area contributed by atoms with Crippen LogP contribution in [-0.2, 0) is 4.79 Å². The SMILES string of the molecule is Cc1cccc(C)c1OCCOc1cccc(/C=C2/SC(=S)NC2=O)c1. The number of benzene rings is 2. The molecule has 1 heterocycles. The first-order chi connectivity index (χ1) is 12.5. The summed E-state index contributed by atoms with van der Waals surface area (Å²) >= 11 is 6.26. The van der Waals surface area contributed by atoms with Crippen LogP contribution >= 0.6 is 24.0 Å². The first kappa shape index (κ1) is 18.5. The van der Waals surface area contributed by atoms with Crippen molar-refractivity contribution in [2.24, 2.45) is 0 Å². The molecule has 1 aliphatic rings. The summed E-state index contributed by atoms with van der Waals surface area (Å²) in [7, 11) is 0. The van der Waals surface area contributed by atoms with Crippen LogP contribution in [0.1, 0.15) is 16.7 Å². The van der Waals surface area contributed by atoms with Gasteiger partial charge in [0.2, 0.25) is 0 Å². The molecule has 0 atom stereocenters. The second kappa shape index (κ2) is 8.38. The molecule has 0 unspecified atom stereocenters. The minimum atomic E-state index is -0.159. The highest BCUT2D eigenvalue weighted by Crippen LogP contribution is 2.27. The number of rotatable bonds is 6. The van der Waals surface area contributed by atoms with Crippen molar-refractivity contribution >= 4 is 40.3 Å². The Hall–Kier alpha value is -2.31. The number of hydrogen-bond donors (Lipinski definition) is 1. The lowest BCUT2D eigenvalue weighted by Crippen LogP contribution is -2.17. The third-order valence-corrected chi connectivity index (χ3v) is 4.97. The molecular formula is C20H19NO3S2. The van der Waals surface area contributed by atoms with E-state index in [0.29, 0.717) is 22.4 Å². The molecule has 1 saturated heterocycles. The first-order valence-corrected chi connectivity index (χ1v) is 9.42. The predicted molar refractivity (Wildman–Crippen MR) is 110 cm³/mol. The number of carbonyl (C=O) groups is 1. The van der Waals surface area contributed by atoms with Crippen molar-refractivity contribution in [2.75, 3.05) is 13.2 Å². The van der Waals surface area contributed by atoms with E-state index in [1.807, 2.05) is 56.3 Å². The van der Waals surface area contributed by atoms with Crippen LogP contribution in [0.4, 0.5) is 0 Å². The summed E-state index contributed by atoms with van der Waals surface area (Å²) in [6, 6.07) is 13.7. The third-order valence-electron chi connectivity index (χ3n) is 3.81. The van der Waals surface area contributed by atoms with Crippen molar-refractivity contribution in [2.45, 2.75) is 13.8 Å². The van der Waals surface area contributed by atoms with Crippen LogP contribution in [0.2, 0.25) is 0 Å². The van der Waals surface area contributed by atoms with Crippen molar-refractivity contribution in [1.82, 2.24) is 5.32 Å². The smallest absolute Gasteiger partial charge is 0.263 e. The molecule has 1 aliphatic heterocycles. The summed E-state index contributed by atoms with van der Waals surface area (Å²) < 4.78 is 12.1. The van der Waals surface area contributed by atoms with E-state index in [9.17, 15) is 4.79 Å². The average Bonchev–Trinajstić information content (AvgIpc) is 2.91. The van der Waals surface area contributed by atoms with Crippen LogP contribution in [0.3, 0.4) is 0 Å². The van der Waals surface area contributed by atoms with Crippen LogP contribution in [0, 0.1) is 13.8 Å². The molecular weight excluding hydrogens is 366 g/mol. The van der Waals surface area contributed by atoms with Gasteiger partial charge in [-0.3, -0.25) is 4.79 Å². The summed E-state index contributed by atoms with van der Waals surface area (Å²) in [5, 5.41) is 2.61. The topological polar surface area (TPSA) is 47.6 Å². The first-order valence-electron chi connectivity index (χ1n) is 8.19. The van der Waals surface area contributed by atoms with Gasteiger partial charge in [-0.25, -0.2) is 0 Å². The molecule has 2 aromatic rings. The summed E-state index contributed by atoms with van der Waals surface area (Å²) in [5.74, 6) is 1.48. The number of aryl methyl sites for hydroxylation is 2. The fourth-order valence-electron chi connectivity index (χ4n) is 2.60. The molecule has 134 valence electrons. The van der Waals surface area contributed by atoms with Crippen molar-refractivity contribution in [3.63, 3.8) is 0 Å². The Bertz CT molecular complexity index is 857. The number of carbonyl (C=O) groups excluding carboxylic acids is 1. The van der Waals surface area contributed by atoms with Crippen LogP contribution in [0.5, 0.6) is 11.5 Å². The van der Waals surface area contributed by atoms with Gasteiger partial charge in [0.1, 0.15) is 29.0 Å². The Morgan fingerprint density at radius 2 is 1.77 bits per heavy atom. The molecule has 1 N–H and O–H groups in total. The fourth-order valence-corrected chi connectivity index (χ4v) is 3.64. The van der Waals surface area contributed by atoms with Gasteiger partial charge in [-0.15, -0.1) is 0 Å². The van der Waals surface area contributed by atoms with Gasteiger partial charge in [-0.1, -0.05) is 54.3 Å². The van der Waals surface area contributed by atoms with Gasteiger partial charge in [0.15, 0.2) is 0 Å². The Morgan fingerprint density at radius 1 is 1.08 bits per heavy atom. The van der Waals surface area contributed by atoms with Gasteiger partial charge in [-0.2, -0.15) is 0 Å². The molecule has 4 nitrogen and oxygen atoms in total. The lowest BCUT2D eigenvalue weighted by atomic mass is 10.1. The lowest BCUT2D eigenvalue weighted by Gasteiger charge is -2.12. The monoisotopic (exact) mass is 385 g/mol. The van der Waals surface area contributed by atoms with E-state index in [4.69, 9.17) is 21.7 Å². The van der Waals surface area contributed by atoms with Gasteiger partial charge in [0.25, 0.3) is 5.91 Å². The lowest BCUT2D eigenvalue weighted by molar-refractivity contribution is -0.115. The van der Waals surface area contributed by atoms with Crippen LogP contribution < -0.4 is 14.8 Å². The third kappa shape index (κ3) is 4.65.